The van der Waals surface area contributed by atoms with Crippen molar-refractivity contribution in [2.75, 3.05) is 5.32 Å². The molecule has 1 atom stereocenters. The van der Waals surface area contributed by atoms with E-state index in [1.165, 1.54) is 17.0 Å². The van der Waals surface area contributed by atoms with Crippen molar-refractivity contribution < 1.29 is 23.1 Å². The standard InChI is InChI=1S/C22H17ClF3N3O3/c23-17-11-14(22(24,25)26)3-6-18(17)28-20-21(32)29(8-7-27-20)15-4-5-16-12(9-15)1-2-13(16)10-19(30)31/h3-9,11,13H,1-2,10H2,(H,27,28)(H,30,31). The van der Waals surface area contributed by atoms with Gasteiger partial charge < -0.3 is 10.4 Å². The van der Waals surface area contributed by atoms with Crippen LogP contribution in [-0.4, -0.2) is 20.6 Å². The molecule has 1 aromatic heterocycles. The summed E-state index contributed by atoms with van der Waals surface area (Å²) < 4.78 is 39.9. The van der Waals surface area contributed by atoms with Gasteiger partial charge in [-0.05, 0) is 60.2 Å². The SMILES string of the molecule is O=C(O)CC1CCc2cc(-n3ccnc(Nc4ccc(C(F)(F)F)cc4Cl)c3=O)ccc21. The van der Waals surface area contributed by atoms with Crippen molar-refractivity contribution in [3.63, 3.8) is 0 Å². The summed E-state index contributed by atoms with van der Waals surface area (Å²) in [5, 5.41) is 11.6. The fourth-order valence-corrected chi connectivity index (χ4v) is 4.11. The molecule has 1 aliphatic rings. The molecule has 1 aliphatic carbocycles. The van der Waals surface area contributed by atoms with Gasteiger partial charge in [0.15, 0.2) is 5.82 Å². The quantitative estimate of drug-likeness (QED) is 0.546. The Morgan fingerprint density at radius 2 is 2.03 bits per heavy atom. The van der Waals surface area contributed by atoms with Crippen molar-refractivity contribution in [3.05, 3.63) is 80.9 Å². The fourth-order valence-electron chi connectivity index (χ4n) is 3.89. The number of fused-ring (bicyclic) bond motifs is 1. The number of benzene rings is 2. The van der Waals surface area contributed by atoms with Gasteiger partial charge in [0.05, 0.1) is 22.7 Å². The molecule has 3 aromatic rings. The van der Waals surface area contributed by atoms with E-state index in [2.05, 4.69) is 10.3 Å². The number of nitrogens with one attached hydrogen (secondary N) is 1. The number of alkyl halides is 3. The van der Waals surface area contributed by atoms with Gasteiger partial charge in [-0.15, -0.1) is 0 Å². The van der Waals surface area contributed by atoms with E-state index in [1.807, 2.05) is 12.1 Å². The van der Waals surface area contributed by atoms with E-state index in [1.54, 1.807) is 6.07 Å². The zero-order valence-electron chi connectivity index (χ0n) is 16.5. The van der Waals surface area contributed by atoms with E-state index in [0.717, 1.165) is 35.7 Å². The van der Waals surface area contributed by atoms with Crippen LogP contribution in [0, 0.1) is 0 Å². The number of carboxylic acid groups (broad SMARTS) is 1. The maximum Gasteiger partial charge on any atom is 0.416 e. The van der Waals surface area contributed by atoms with Gasteiger partial charge in [-0.1, -0.05) is 17.7 Å². The van der Waals surface area contributed by atoms with Crippen molar-refractivity contribution in [1.82, 2.24) is 9.55 Å². The molecule has 1 heterocycles. The van der Waals surface area contributed by atoms with Gasteiger partial charge >= 0.3 is 12.1 Å². The highest BCUT2D eigenvalue weighted by Crippen LogP contribution is 2.37. The molecule has 2 aromatic carbocycles. The number of aromatic nitrogens is 2. The summed E-state index contributed by atoms with van der Waals surface area (Å²) in [5.74, 6) is -1.00. The van der Waals surface area contributed by atoms with E-state index in [-0.39, 0.29) is 28.9 Å². The summed E-state index contributed by atoms with van der Waals surface area (Å²) >= 11 is 5.97. The number of aliphatic carboxylic acids is 1. The number of aryl methyl sites for hydroxylation is 1. The maximum atomic E-state index is 13.0. The lowest BCUT2D eigenvalue weighted by Crippen LogP contribution is -2.22. The molecule has 0 radical (unpaired) electrons. The van der Waals surface area contributed by atoms with E-state index < -0.39 is 23.3 Å². The molecular formula is C22H17ClF3N3O3. The van der Waals surface area contributed by atoms with Gasteiger partial charge in [0, 0.05) is 18.1 Å². The van der Waals surface area contributed by atoms with Crippen LogP contribution in [0.1, 0.15) is 35.4 Å². The maximum absolute atomic E-state index is 13.0. The third-order valence-corrected chi connectivity index (χ3v) is 5.73. The Balaban J connectivity index is 1.63. The number of hydrogen-bond acceptors (Lipinski definition) is 4. The number of carbonyl (C=O) groups is 1. The van der Waals surface area contributed by atoms with E-state index in [0.29, 0.717) is 12.1 Å². The van der Waals surface area contributed by atoms with Gasteiger partial charge in [0.25, 0.3) is 5.56 Å². The van der Waals surface area contributed by atoms with Gasteiger partial charge in [-0.2, -0.15) is 13.2 Å². The molecule has 2 N–H and O–H groups in total. The average Bonchev–Trinajstić information content (AvgIpc) is 3.11. The minimum Gasteiger partial charge on any atom is -0.481 e. The molecule has 0 fully saturated rings. The number of nitrogens with zero attached hydrogens (tertiary/aromatic N) is 2. The molecular weight excluding hydrogens is 447 g/mol. The van der Waals surface area contributed by atoms with E-state index in [4.69, 9.17) is 16.7 Å². The largest absolute Gasteiger partial charge is 0.481 e. The van der Waals surface area contributed by atoms with Gasteiger partial charge in [-0.25, -0.2) is 4.98 Å². The lowest BCUT2D eigenvalue weighted by Gasteiger charge is -2.13. The molecule has 32 heavy (non-hydrogen) atoms. The third-order valence-electron chi connectivity index (χ3n) is 5.42. The first-order chi connectivity index (χ1) is 15.1. The van der Waals surface area contributed by atoms with Gasteiger partial charge in [-0.3, -0.25) is 14.2 Å². The van der Waals surface area contributed by atoms with Gasteiger partial charge in [0.2, 0.25) is 0 Å². The lowest BCUT2D eigenvalue weighted by molar-refractivity contribution is -0.138. The summed E-state index contributed by atoms with van der Waals surface area (Å²) in [5.41, 5.74) is 1.24. The van der Waals surface area contributed by atoms with Crippen LogP contribution in [0.3, 0.4) is 0 Å². The number of anilines is 2. The first-order valence-corrected chi connectivity index (χ1v) is 10.1. The molecule has 6 nitrogen and oxygen atoms in total. The first-order valence-electron chi connectivity index (χ1n) is 9.70. The predicted octanol–water partition coefficient (Wildman–Crippen LogP) is 5.15. The summed E-state index contributed by atoms with van der Waals surface area (Å²) in [6.07, 6.45) is -0.154. The topological polar surface area (TPSA) is 84.2 Å². The first kappa shape index (κ1) is 21.9. The van der Waals surface area contributed by atoms with Crippen LogP contribution >= 0.6 is 11.6 Å². The Hall–Kier alpha value is -3.33. The van der Waals surface area contributed by atoms with E-state index >= 15 is 0 Å². The van der Waals surface area contributed by atoms with Crippen LogP contribution < -0.4 is 10.9 Å². The molecule has 0 saturated carbocycles. The Kier molecular flexibility index (Phi) is 5.68. The molecule has 0 bridgehead atoms. The Labute approximate surface area is 185 Å². The van der Waals surface area contributed by atoms with E-state index in [9.17, 15) is 22.8 Å². The van der Waals surface area contributed by atoms with Crippen LogP contribution in [0.15, 0.2) is 53.6 Å². The fraction of sp³-hybridized carbons (Fsp3) is 0.227. The third kappa shape index (κ3) is 4.34. The molecule has 0 aliphatic heterocycles. The molecule has 0 spiro atoms. The number of carboxylic acids is 1. The van der Waals surface area contributed by atoms with Crippen LogP contribution in [-0.2, 0) is 17.4 Å². The highest BCUT2D eigenvalue weighted by molar-refractivity contribution is 6.33. The van der Waals surface area contributed by atoms with Crippen molar-refractivity contribution >= 4 is 29.1 Å². The zero-order chi connectivity index (χ0) is 23.0. The highest BCUT2D eigenvalue weighted by Gasteiger charge is 2.31. The monoisotopic (exact) mass is 463 g/mol. The molecule has 4 rings (SSSR count). The van der Waals surface area contributed by atoms with Crippen LogP contribution in [0.25, 0.3) is 5.69 Å². The van der Waals surface area contributed by atoms with Crippen LogP contribution in [0.5, 0.6) is 0 Å². The minimum absolute atomic E-state index is 0.0512. The van der Waals surface area contributed by atoms with Gasteiger partial charge in [0.1, 0.15) is 0 Å². The number of hydrogen-bond donors (Lipinski definition) is 2. The lowest BCUT2D eigenvalue weighted by atomic mass is 9.98. The average molecular weight is 464 g/mol. The second kappa shape index (κ2) is 8.31. The smallest absolute Gasteiger partial charge is 0.416 e. The summed E-state index contributed by atoms with van der Waals surface area (Å²) in [6.45, 7) is 0. The molecule has 166 valence electrons. The second-order valence-electron chi connectivity index (χ2n) is 7.48. The molecule has 0 saturated heterocycles. The molecule has 0 amide bonds. The van der Waals surface area contributed by atoms with Crippen molar-refractivity contribution in [2.24, 2.45) is 0 Å². The Morgan fingerprint density at radius 3 is 2.72 bits per heavy atom. The van der Waals surface area contributed by atoms with Crippen molar-refractivity contribution in [3.8, 4) is 5.69 Å². The molecule has 10 heteroatoms. The number of rotatable bonds is 5. The number of halogens is 4. The zero-order valence-corrected chi connectivity index (χ0v) is 17.2. The molecule has 1 unspecified atom stereocenters. The van der Waals surface area contributed by atoms with Crippen molar-refractivity contribution in [2.45, 2.75) is 31.4 Å². The highest BCUT2D eigenvalue weighted by atomic mass is 35.5. The summed E-state index contributed by atoms with van der Waals surface area (Å²) in [7, 11) is 0. The summed E-state index contributed by atoms with van der Waals surface area (Å²) in [4.78, 5) is 28.0. The van der Waals surface area contributed by atoms with Crippen LogP contribution in [0.2, 0.25) is 5.02 Å². The second-order valence-corrected chi connectivity index (χ2v) is 7.89. The Bertz CT molecular complexity index is 1260. The summed E-state index contributed by atoms with van der Waals surface area (Å²) in [6, 6.07) is 8.19. The normalized spacial score (nSPS) is 15.4. The minimum atomic E-state index is -4.53. The Morgan fingerprint density at radius 1 is 1.25 bits per heavy atom. The van der Waals surface area contributed by atoms with Crippen LogP contribution in [0.4, 0.5) is 24.7 Å². The van der Waals surface area contributed by atoms with Crippen molar-refractivity contribution in [1.29, 1.82) is 0 Å². The predicted molar refractivity (Wildman–Crippen MR) is 113 cm³/mol.